The normalized spacial score (nSPS) is 11.1. The monoisotopic (exact) mass is 457 g/mol. The largest absolute Gasteiger partial charge is 0.459 e. The molecule has 3 aromatic rings. The molecule has 0 saturated carbocycles. The predicted octanol–water partition coefficient (Wildman–Crippen LogP) is 5.88. The van der Waals surface area contributed by atoms with Crippen LogP contribution < -0.4 is 9.64 Å². The molecule has 0 aliphatic heterocycles. The fourth-order valence-electron chi connectivity index (χ4n) is 3.00. The number of carbonyl (C=O) groups excluding carboxylic acids is 2. The van der Waals surface area contributed by atoms with E-state index in [0.29, 0.717) is 23.6 Å². The molecule has 0 aliphatic rings. The number of benzene rings is 3. The van der Waals surface area contributed by atoms with Crippen molar-refractivity contribution in [2.24, 2.45) is 0 Å². The third-order valence-corrected chi connectivity index (χ3v) is 4.28. The smallest absolute Gasteiger partial charge is 0.326 e. The van der Waals surface area contributed by atoms with Gasteiger partial charge in [-0.25, -0.2) is 13.2 Å². The van der Waals surface area contributed by atoms with Crippen molar-refractivity contribution in [2.45, 2.75) is 26.4 Å². The summed E-state index contributed by atoms with van der Waals surface area (Å²) >= 11 is 0. The second kappa shape index (κ2) is 9.77. The lowest BCUT2D eigenvalue weighted by atomic mass is 10.1. The van der Waals surface area contributed by atoms with Crippen LogP contribution in [0.25, 0.3) is 0 Å². The van der Waals surface area contributed by atoms with Crippen LogP contribution in [0.15, 0.2) is 66.7 Å². The molecule has 0 spiro atoms. The summed E-state index contributed by atoms with van der Waals surface area (Å²) in [6, 6.07) is 15.7. The van der Waals surface area contributed by atoms with Crippen molar-refractivity contribution in [1.29, 1.82) is 0 Å². The highest BCUT2D eigenvalue weighted by molar-refractivity contribution is 6.08. The first kappa shape index (κ1) is 23.8. The van der Waals surface area contributed by atoms with E-state index in [1.54, 1.807) is 57.2 Å². The van der Waals surface area contributed by atoms with Crippen LogP contribution in [0, 0.1) is 17.5 Å². The molecule has 0 atom stereocenters. The molecule has 0 bridgehead atoms. The second-order valence-corrected chi connectivity index (χ2v) is 8.13. The minimum absolute atomic E-state index is 0.127. The van der Waals surface area contributed by atoms with Gasteiger partial charge in [-0.3, -0.25) is 14.5 Å². The topological polar surface area (TPSA) is 55.8 Å². The number of hydrogen-bond acceptors (Lipinski definition) is 4. The molecule has 172 valence electrons. The minimum atomic E-state index is -1.39. The lowest BCUT2D eigenvalue weighted by Crippen LogP contribution is -2.39. The zero-order valence-electron chi connectivity index (χ0n) is 18.3. The van der Waals surface area contributed by atoms with Crippen molar-refractivity contribution in [3.63, 3.8) is 0 Å². The van der Waals surface area contributed by atoms with Crippen molar-refractivity contribution >= 4 is 17.6 Å². The highest BCUT2D eigenvalue weighted by Crippen LogP contribution is 2.28. The molecule has 0 heterocycles. The highest BCUT2D eigenvalue weighted by atomic mass is 19.1. The molecule has 5 nitrogen and oxygen atoms in total. The number of carbonyl (C=O) groups is 2. The van der Waals surface area contributed by atoms with Crippen molar-refractivity contribution < 1.29 is 32.2 Å². The van der Waals surface area contributed by atoms with Crippen LogP contribution in [0.5, 0.6) is 11.5 Å². The maximum absolute atomic E-state index is 14.3. The van der Waals surface area contributed by atoms with Crippen LogP contribution in [0.4, 0.5) is 18.9 Å². The van der Waals surface area contributed by atoms with E-state index >= 15 is 0 Å². The summed E-state index contributed by atoms with van der Waals surface area (Å²) in [5, 5.41) is 0. The van der Waals surface area contributed by atoms with Gasteiger partial charge in [0, 0.05) is 23.9 Å². The van der Waals surface area contributed by atoms with Gasteiger partial charge in [0.15, 0.2) is 0 Å². The van der Waals surface area contributed by atoms with Crippen LogP contribution in [0.1, 0.15) is 31.1 Å². The Morgan fingerprint density at radius 2 is 1.45 bits per heavy atom. The predicted molar refractivity (Wildman–Crippen MR) is 117 cm³/mol. The molecule has 0 saturated heterocycles. The van der Waals surface area contributed by atoms with Gasteiger partial charge in [-0.1, -0.05) is 24.3 Å². The Balaban J connectivity index is 2.00. The Kier molecular flexibility index (Phi) is 7.06. The van der Waals surface area contributed by atoms with E-state index < -0.39 is 47.0 Å². The maximum Gasteiger partial charge on any atom is 0.326 e. The third-order valence-electron chi connectivity index (χ3n) is 4.28. The molecule has 3 aromatic carbocycles. The van der Waals surface area contributed by atoms with Crippen molar-refractivity contribution in [3.05, 3.63) is 89.7 Å². The number of esters is 1. The first-order valence-corrected chi connectivity index (χ1v) is 10.0. The van der Waals surface area contributed by atoms with Gasteiger partial charge >= 0.3 is 5.97 Å². The maximum atomic E-state index is 14.3. The fourth-order valence-corrected chi connectivity index (χ4v) is 3.00. The van der Waals surface area contributed by atoms with E-state index in [0.717, 1.165) is 4.90 Å². The third kappa shape index (κ3) is 6.35. The first-order valence-electron chi connectivity index (χ1n) is 10.0. The fraction of sp³-hybridized carbons (Fsp3) is 0.200. The lowest BCUT2D eigenvalue weighted by Gasteiger charge is -2.26. The van der Waals surface area contributed by atoms with E-state index in [1.807, 2.05) is 6.07 Å². The minimum Gasteiger partial charge on any atom is -0.459 e. The zero-order valence-corrected chi connectivity index (χ0v) is 18.3. The number of nitrogens with zero attached hydrogens (tertiary/aromatic N) is 1. The Bertz CT molecular complexity index is 1140. The lowest BCUT2D eigenvalue weighted by molar-refractivity contribution is -0.152. The first-order chi connectivity index (χ1) is 15.5. The van der Waals surface area contributed by atoms with E-state index in [9.17, 15) is 22.8 Å². The average molecular weight is 457 g/mol. The molecule has 0 aliphatic carbocycles. The molecular weight excluding hydrogens is 435 g/mol. The van der Waals surface area contributed by atoms with Crippen LogP contribution >= 0.6 is 0 Å². The van der Waals surface area contributed by atoms with Gasteiger partial charge in [-0.2, -0.15) is 0 Å². The zero-order chi connectivity index (χ0) is 24.2. The van der Waals surface area contributed by atoms with Gasteiger partial charge in [0.25, 0.3) is 5.91 Å². The number of rotatable bonds is 6. The average Bonchev–Trinajstić information content (AvgIpc) is 2.71. The van der Waals surface area contributed by atoms with Crippen molar-refractivity contribution in [1.82, 2.24) is 0 Å². The summed E-state index contributed by atoms with van der Waals surface area (Å²) in [5.74, 6) is -5.07. The molecule has 0 N–H and O–H groups in total. The number of amides is 1. The standard InChI is InChI=1S/C25H22F3NO4/c1-25(2,3)33-22(30)15-29(24(31)23-20(27)12-16(26)13-21(23)28)17-8-7-11-19(14-17)32-18-9-5-4-6-10-18/h4-14H,15H2,1-3H3. The van der Waals surface area contributed by atoms with Crippen LogP contribution in [0.2, 0.25) is 0 Å². The van der Waals surface area contributed by atoms with Gasteiger partial charge in [-0.05, 0) is 45.0 Å². The Labute approximate surface area is 189 Å². The summed E-state index contributed by atoms with van der Waals surface area (Å²) in [4.78, 5) is 26.5. The number of hydrogen-bond donors (Lipinski definition) is 0. The van der Waals surface area contributed by atoms with Crippen LogP contribution in [-0.4, -0.2) is 24.0 Å². The summed E-state index contributed by atoms with van der Waals surface area (Å²) in [5.41, 5.74) is -1.71. The highest BCUT2D eigenvalue weighted by Gasteiger charge is 2.29. The summed E-state index contributed by atoms with van der Waals surface area (Å²) in [6.45, 7) is 4.29. The van der Waals surface area contributed by atoms with E-state index in [4.69, 9.17) is 9.47 Å². The number of anilines is 1. The SMILES string of the molecule is CC(C)(C)OC(=O)CN(C(=O)c1c(F)cc(F)cc1F)c1cccc(Oc2ccccc2)c1. The van der Waals surface area contributed by atoms with Gasteiger partial charge < -0.3 is 9.47 Å². The summed E-state index contributed by atoms with van der Waals surface area (Å²) in [7, 11) is 0. The van der Waals surface area contributed by atoms with E-state index in [1.165, 1.54) is 12.1 Å². The molecular formula is C25H22F3NO4. The molecule has 33 heavy (non-hydrogen) atoms. The molecule has 8 heteroatoms. The van der Waals surface area contributed by atoms with Crippen molar-refractivity contribution in [3.8, 4) is 11.5 Å². The summed E-state index contributed by atoms with van der Waals surface area (Å²) in [6.07, 6.45) is 0. The summed E-state index contributed by atoms with van der Waals surface area (Å²) < 4.78 is 53.1. The van der Waals surface area contributed by atoms with Crippen LogP contribution in [-0.2, 0) is 9.53 Å². The van der Waals surface area contributed by atoms with E-state index in [-0.39, 0.29) is 5.69 Å². The molecule has 0 unspecified atom stereocenters. The number of ether oxygens (including phenoxy) is 2. The molecule has 0 radical (unpaired) electrons. The van der Waals surface area contributed by atoms with Gasteiger partial charge in [0.05, 0.1) is 0 Å². The van der Waals surface area contributed by atoms with Crippen molar-refractivity contribution in [2.75, 3.05) is 11.4 Å². The number of halogens is 3. The Morgan fingerprint density at radius 1 is 0.848 bits per heavy atom. The molecule has 0 fully saturated rings. The molecule has 3 rings (SSSR count). The quantitative estimate of drug-likeness (QED) is 0.434. The molecule has 0 aromatic heterocycles. The van der Waals surface area contributed by atoms with Gasteiger partial charge in [-0.15, -0.1) is 0 Å². The molecule has 1 amide bonds. The van der Waals surface area contributed by atoms with Gasteiger partial charge in [0.1, 0.15) is 46.7 Å². The Hall–Kier alpha value is -3.81. The number of para-hydroxylation sites is 1. The van der Waals surface area contributed by atoms with Crippen LogP contribution in [0.3, 0.4) is 0 Å². The second-order valence-electron chi connectivity index (χ2n) is 8.13. The Morgan fingerprint density at radius 3 is 2.06 bits per heavy atom. The van der Waals surface area contributed by atoms with E-state index in [2.05, 4.69) is 0 Å². The van der Waals surface area contributed by atoms with Gasteiger partial charge in [0.2, 0.25) is 0 Å².